The van der Waals surface area contributed by atoms with Crippen molar-refractivity contribution in [2.24, 2.45) is 0 Å². The smallest absolute Gasteiger partial charge is 0.0802 e. The van der Waals surface area contributed by atoms with Crippen LogP contribution in [-0.2, 0) is 4.74 Å². The first kappa shape index (κ1) is 11.0. The van der Waals surface area contributed by atoms with E-state index in [4.69, 9.17) is 4.74 Å². The van der Waals surface area contributed by atoms with E-state index >= 15 is 0 Å². The Morgan fingerprint density at radius 3 is 2.46 bits per heavy atom. The standard InChI is InChI=1S/C10H22N2O/c1-12(2)8-7-11-9-10(13-3)5-4-6-10/h11H,4-9H2,1-3H3. The van der Waals surface area contributed by atoms with Gasteiger partial charge in [0.05, 0.1) is 5.60 Å². The van der Waals surface area contributed by atoms with Gasteiger partial charge in [-0.3, -0.25) is 0 Å². The molecule has 0 heterocycles. The van der Waals surface area contributed by atoms with Crippen molar-refractivity contribution in [3.63, 3.8) is 0 Å². The molecule has 1 N–H and O–H groups in total. The Morgan fingerprint density at radius 1 is 1.38 bits per heavy atom. The maximum atomic E-state index is 5.50. The number of nitrogens with zero attached hydrogens (tertiary/aromatic N) is 1. The molecule has 0 atom stereocenters. The molecule has 3 nitrogen and oxygen atoms in total. The first-order valence-electron chi connectivity index (χ1n) is 5.09. The summed E-state index contributed by atoms with van der Waals surface area (Å²) >= 11 is 0. The summed E-state index contributed by atoms with van der Waals surface area (Å²) in [6, 6.07) is 0. The second kappa shape index (κ2) is 4.94. The molecule has 0 saturated heterocycles. The SMILES string of the molecule is COC1(CNCCN(C)C)CCC1. The molecule has 13 heavy (non-hydrogen) atoms. The van der Waals surface area contributed by atoms with Gasteiger partial charge in [0.15, 0.2) is 0 Å². The van der Waals surface area contributed by atoms with Gasteiger partial charge in [0.2, 0.25) is 0 Å². The van der Waals surface area contributed by atoms with Gasteiger partial charge in [-0.15, -0.1) is 0 Å². The van der Waals surface area contributed by atoms with Crippen LogP contribution in [0, 0.1) is 0 Å². The number of hydrogen-bond donors (Lipinski definition) is 1. The molecule has 0 aliphatic heterocycles. The van der Waals surface area contributed by atoms with Gasteiger partial charge < -0.3 is 15.0 Å². The van der Waals surface area contributed by atoms with Crippen molar-refractivity contribution in [2.45, 2.75) is 24.9 Å². The fourth-order valence-corrected chi connectivity index (χ4v) is 1.64. The zero-order valence-corrected chi connectivity index (χ0v) is 9.10. The van der Waals surface area contributed by atoms with Gasteiger partial charge in [-0.25, -0.2) is 0 Å². The maximum absolute atomic E-state index is 5.50. The second-order valence-electron chi connectivity index (χ2n) is 4.22. The van der Waals surface area contributed by atoms with Gasteiger partial charge in [0.25, 0.3) is 0 Å². The molecule has 1 aliphatic carbocycles. The van der Waals surface area contributed by atoms with Gasteiger partial charge >= 0.3 is 0 Å². The Hall–Kier alpha value is -0.120. The molecule has 0 radical (unpaired) electrons. The van der Waals surface area contributed by atoms with Crippen molar-refractivity contribution < 1.29 is 4.74 Å². The van der Waals surface area contributed by atoms with Gasteiger partial charge in [-0.2, -0.15) is 0 Å². The van der Waals surface area contributed by atoms with Crippen molar-refractivity contribution in [2.75, 3.05) is 40.8 Å². The fourth-order valence-electron chi connectivity index (χ4n) is 1.64. The molecule has 1 fully saturated rings. The van der Waals surface area contributed by atoms with Crippen LogP contribution in [0.5, 0.6) is 0 Å². The van der Waals surface area contributed by atoms with Crippen LogP contribution < -0.4 is 5.32 Å². The van der Waals surface area contributed by atoms with E-state index in [2.05, 4.69) is 24.3 Å². The summed E-state index contributed by atoms with van der Waals surface area (Å²) in [5.74, 6) is 0. The van der Waals surface area contributed by atoms with E-state index in [1.54, 1.807) is 0 Å². The lowest BCUT2D eigenvalue weighted by atomic mass is 9.80. The van der Waals surface area contributed by atoms with Gasteiger partial charge in [-0.1, -0.05) is 0 Å². The lowest BCUT2D eigenvalue weighted by Gasteiger charge is -2.40. The quantitative estimate of drug-likeness (QED) is 0.618. The molecule has 1 rings (SSSR count). The van der Waals surface area contributed by atoms with Gasteiger partial charge in [0, 0.05) is 26.7 Å². The van der Waals surface area contributed by atoms with E-state index in [9.17, 15) is 0 Å². The van der Waals surface area contributed by atoms with E-state index in [1.807, 2.05) is 7.11 Å². The van der Waals surface area contributed by atoms with Crippen LogP contribution in [0.15, 0.2) is 0 Å². The third kappa shape index (κ3) is 3.25. The Bertz CT molecular complexity index is 138. The molecule has 0 amide bonds. The van der Waals surface area contributed by atoms with Crippen molar-refractivity contribution in [1.29, 1.82) is 0 Å². The number of nitrogens with one attached hydrogen (secondary N) is 1. The highest BCUT2D eigenvalue weighted by atomic mass is 16.5. The van der Waals surface area contributed by atoms with E-state index < -0.39 is 0 Å². The fraction of sp³-hybridized carbons (Fsp3) is 1.00. The predicted molar refractivity (Wildman–Crippen MR) is 55.0 cm³/mol. The van der Waals surface area contributed by atoms with Crippen LogP contribution in [-0.4, -0.2) is 51.3 Å². The highest BCUT2D eigenvalue weighted by Crippen LogP contribution is 2.34. The normalized spacial score (nSPS) is 20.3. The van der Waals surface area contributed by atoms with E-state index in [-0.39, 0.29) is 5.60 Å². The molecule has 0 bridgehead atoms. The second-order valence-corrected chi connectivity index (χ2v) is 4.22. The van der Waals surface area contributed by atoms with Gasteiger partial charge in [0.1, 0.15) is 0 Å². The summed E-state index contributed by atoms with van der Waals surface area (Å²) in [7, 11) is 6.01. The summed E-state index contributed by atoms with van der Waals surface area (Å²) in [5.41, 5.74) is 0.173. The Morgan fingerprint density at radius 2 is 2.08 bits per heavy atom. The van der Waals surface area contributed by atoms with Gasteiger partial charge in [-0.05, 0) is 33.4 Å². The minimum atomic E-state index is 0.173. The molecular weight excluding hydrogens is 164 g/mol. The third-order valence-corrected chi connectivity index (χ3v) is 2.88. The van der Waals surface area contributed by atoms with E-state index in [0.29, 0.717) is 0 Å². The minimum Gasteiger partial charge on any atom is -0.377 e. The van der Waals surface area contributed by atoms with Crippen LogP contribution in [0.1, 0.15) is 19.3 Å². The molecule has 78 valence electrons. The van der Waals surface area contributed by atoms with E-state index in [0.717, 1.165) is 19.6 Å². The Balaban J connectivity index is 2.04. The summed E-state index contributed by atoms with van der Waals surface area (Å²) in [4.78, 5) is 2.19. The van der Waals surface area contributed by atoms with E-state index in [1.165, 1.54) is 19.3 Å². The van der Waals surface area contributed by atoms with Crippen molar-refractivity contribution in [3.05, 3.63) is 0 Å². The summed E-state index contributed by atoms with van der Waals surface area (Å²) in [5, 5.41) is 3.44. The molecule has 0 unspecified atom stereocenters. The number of hydrogen-bond acceptors (Lipinski definition) is 3. The van der Waals surface area contributed by atoms with Crippen LogP contribution in [0.4, 0.5) is 0 Å². The van der Waals surface area contributed by atoms with Crippen molar-refractivity contribution in [3.8, 4) is 0 Å². The number of rotatable bonds is 6. The Labute approximate surface area is 81.4 Å². The number of likely N-dealkylation sites (N-methyl/N-ethyl adjacent to an activating group) is 1. The maximum Gasteiger partial charge on any atom is 0.0802 e. The van der Waals surface area contributed by atoms with Crippen molar-refractivity contribution >= 4 is 0 Å². The summed E-state index contributed by atoms with van der Waals surface area (Å²) in [6.45, 7) is 3.16. The van der Waals surface area contributed by atoms with Crippen LogP contribution in [0.3, 0.4) is 0 Å². The third-order valence-electron chi connectivity index (χ3n) is 2.88. The molecule has 0 spiro atoms. The molecule has 3 heteroatoms. The lowest BCUT2D eigenvalue weighted by molar-refractivity contribution is -0.0693. The highest BCUT2D eigenvalue weighted by molar-refractivity contribution is 4.91. The predicted octanol–water partition coefficient (Wildman–Crippen LogP) is 0.707. The first-order chi connectivity index (χ1) is 6.18. The lowest BCUT2D eigenvalue weighted by Crippen LogP contribution is -2.48. The summed E-state index contributed by atoms with van der Waals surface area (Å²) < 4.78 is 5.50. The van der Waals surface area contributed by atoms with Crippen molar-refractivity contribution in [1.82, 2.24) is 10.2 Å². The van der Waals surface area contributed by atoms with Crippen LogP contribution in [0.2, 0.25) is 0 Å². The topological polar surface area (TPSA) is 24.5 Å². The average molecular weight is 186 g/mol. The largest absolute Gasteiger partial charge is 0.377 e. The molecule has 0 aromatic carbocycles. The van der Waals surface area contributed by atoms with Crippen LogP contribution in [0.25, 0.3) is 0 Å². The highest BCUT2D eigenvalue weighted by Gasteiger charge is 2.36. The zero-order valence-electron chi connectivity index (χ0n) is 9.10. The first-order valence-corrected chi connectivity index (χ1v) is 5.09. The number of ether oxygens (including phenoxy) is 1. The monoisotopic (exact) mass is 186 g/mol. The molecular formula is C10H22N2O. The Kier molecular flexibility index (Phi) is 4.16. The molecule has 0 aromatic rings. The molecule has 0 aromatic heterocycles. The molecule has 1 aliphatic rings. The zero-order chi connectivity index (χ0) is 9.73. The van der Waals surface area contributed by atoms with Crippen LogP contribution >= 0.6 is 0 Å². The average Bonchev–Trinajstić information content (AvgIpc) is 2.01. The number of methoxy groups -OCH3 is 1. The summed E-state index contributed by atoms with van der Waals surface area (Å²) in [6.07, 6.45) is 3.76. The minimum absolute atomic E-state index is 0.173. The molecule has 1 saturated carbocycles.